The maximum atomic E-state index is 8.45. The predicted octanol–water partition coefficient (Wildman–Crippen LogP) is 1.55. The van der Waals surface area contributed by atoms with Gasteiger partial charge in [0.1, 0.15) is 6.07 Å². The van der Waals surface area contributed by atoms with Crippen LogP contribution in [0.5, 0.6) is 0 Å². The van der Waals surface area contributed by atoms with Crippen molar-refractivity contribution in [2.45, 2.75) is 11.8 Å². The van der Waals surface area contributed by atoms with Crippen LogP contribution < -0.4 is 0 Å². The van der Waals surface area contributed by atoms with E-state index in [9.17, 15) is 0 Å². The quantitative estimate of drug-likeness (QED) is 0.570. The molecule has 10 heavy (non-hydrogen) atoms. The van der Waals surface area contributed by atoms with Gasteiger partial charge in [-0.15, -0.1) is 12.6 Å². The van der Waals surface area contributed by atoms with Gasteiger partial charge in [-0.3, -0.25) is 0 Å². The van der Waals surface area contributed by atoms with Gasteiger partial charge in [0, 0.05) is 11.1 Å². The molecule has 0 amide bonds. The van der Waals surface area contributed by atoms with Gasteiger partial charge >= 0.3 is 0 Å². The van der Waals surface area contributed by atoms with Gasteiger partial charge in [0.2, 0.25) is 0 Å². The molecule has 2 nitrogen and oxygen atoms in total. The minimum absolute atomic E-state index is 0.383. The van der Waals surface area contributed by atoms with E-state index in [1.807, 2.05) is 19.1 Å². The number of nitriles is 1. The van der Waals surface area contributed by atoms with Gasteiger partial charge in [-0.2, -0.15) is 5.26 Å². The Hall–Kier alpha value is -1.01. The fourth-order valence-corrected chi connectivity index (χ4v) is 0.951. The van der Waals surface area contributed by atoms with Gasteiger partial charge < -0.3 is 0 Å². The standard InChI is InChI=1S/C7H6N2S/c1-5-2-7(10)6(3-8)9-4-5/h2,4,10H,1H3. The van der Waals surface area contributed by atoms with E-state index < -0.39 is 0 Å². The van der Waals surface area contributed by atoms with Crippen LogP contribution in [0, 0.1) is 18.3 Å². The molecule has 0 unspecified atom stereocenters. The molecule has 0 spiro atoms. The first-order valence-corrected chi connectivity index (χ1v) is 3.24. The molecule has 0 aromatic carbocycles. The van der Waals surface area contributed by atoms with Crippen molar-refractivity contribution in [1.82, 2.24) is 4.98 Å². The number of thiol groups is 1. The molecule has 0 aliphatic rings. The number of nitrogens with zero attached hydrogens (tertiary/aromatic N) is 2. The first kappa shape index (κ1) is 7.10. The van der Waals surface area contributed by atoms with Crippen LogP contribution in [0.1, 0.15) is 11.3 Å². The minimum Gasteiger partial charge on any atom is -0.244 e. The van der Waals surface area contributed by atoms with E-state index in [1.54, 1.807) is 6.20 Å². The SMILES string of the molecule is Cc1cnc(C#N)c(S)c1. The van der Waals surface area contributed by atoms with E-state index in [0.29, 0.717) is 10.6 Å². The normalized spacial score (nSPS) is 8.90. The van der Waals surface area contributed by atoms with E-state index in [0.717, 1.165) is 5.56 Å². The zero-order valence-electron chi connectivity index (χ0n) is 5.50. The molecule has 0 N–H and O–H groups in total. The Morgan fingerprint density at radius 1 is 1.70 bits per heavy atom. The highest BCUT2D eigenvalue weighted by Crippen LogP contribution is 2.10. The Morgan fingerprint density at radius 2 is 2.40 bits per heavy atom. The Bertz CT molecular complexity index is 288. The average Bonchev–Trinajstić information content (AvgIpc) is 1.88. The maximum Gasteiger partial charge on any atom is 0.153 e. The minimum atomic E-state index is 0.383. The third kappa shape index (κ3) is 1.28. The number of hydrogen-bond acceptors (Lipinski definition) is 3. The Labute approximate surface area is 64.9 Å². The molecule has 0 saturated heterocycles. The molecule has 1 aromatic heterocycles. The number of rotatable bonds is 0. The monoisotopic (exact) mass is 150 g/mol. The maximum absolute atomic E-state index is 8.45. The lowest BCUT2D eigenvalue weighted by atomic mass is 10.3. The van der Waals surface area contributed by atoms with Crippen LogP contribution in [0.25, 0.3) is 0 Å². The zero-order chi connectivity index (χ0) is 7.56. The molecule has 0 atom stereocenters. The summed E-state index contributed by atoms with van der Waals surface area (Å²) in [6, 6.07) is 3.75. The van der Waals surface area contributed by atoms with Gasteiger partial charge in [0.25, 0.3) is 0 Å². The summed E-state index contributed by atoms with van der Waals surface area (Å²) in [6.07, 6.45) is 1.65. The molecule has 0 radical (unpaired) electrons. The molecule has 0 aliphatic carbocycles. The third-order valence-corrected chi connectivity index (χ3v) is 1.45. The Morgan fingerprint density at radius 3 is 2.90 bits per heavy atom. The van der Waals surface area contributed by atoms with Crippen molar-refractivity contribution in [3.8, 4) is 6.07 Å². The van der Waals surface area contributed by atoms with Crippen LogP contribution in [0.15, 0.2) is 17.2 Å². The van der Waals surface area contributed by atoms with Crippen molar-refractivity contribution in [2.75, 3.05) is 0 Å². The molecule has 0 aliphatic heterocycles. The summed E-state index contributed by atoms with van der Waals surface area (Å²) in [5.41, 5.74) is 1.40. The van der Waals surface area contributed by atoms with Crippen molar-refractivity contribution >= 4 is 12.6 Å². The molecule has 1 aromatic rings. The van der Waals surface area contributed by atoms with Crippen LogP contribution in [0.3, 0.4) is 0 Å². The second kappa shape index (κ2) is 2.72. The van der Waals surface area contributed by atoms with E-state index in [4.69, 9.17) is 5.26 Å². The number of aryl methyl sites for hydroxylation is 1. The summed E-state index contributed by atoms with van der Waals surface area (Å²) in [5, 5.41) is 8.45. The fourth-order valence-electron chi connectivity index (χ4n) is 0.640. The van der Waals surface area contributed by atoms with E-state index in [-0.39, 0.29) is 0 Å². The number of hydrogen-bond donors (Lipinski definition) is 1. The van der Waals surface area contributed by atoms with E-state index >= 15 is 0 Å². The topological polar surface area (TPSA) is 36.7 Å². The Balaban J connectivity index is 3.23. The average molecular weight is 150 g/mol. The van der Waals surface area contributed by atoms with Crippen LogP contribution in [0.2, 0.25) is 0 Å². The Kier molecular flexibility index (Phi) is 1.93. The molecule has 50 valence electrons. The molecular weight excluding hydrogens is 144 g/mol. The van der Waals surface area contributed by atoms with Gasteiger partial charge in [-0.05, 0) is 18.6 Å². The van der Waals surface area contributed by atoms with Crippen LogP contribution >= 0.6 is 12.6 Å². The summed E-state index contributed by atoms with van der Waals surface area (Å²) in [4.78, 5) is 4.50. The summed E-state index contributed by atoms with van der Waals surface area (Å²) < 4.78 is 0. The highest BCUT2D eigenvalue weighted by molar-refractivity contribution is 7.80. The second-order valence-electron chi connectivity index (χ2n) is 1.99. The van der Waals surface area contributed by atoms with Crippen molar-refractivity contribution in [3.63, 3.8) is 0 Å². The summed E-state index contributed by atoms with van der Waals surface area (Å²) in [6.45, 7) is 1.91. The van der Waals surface area contributed by atoms with Crippen molar-refractivity contribution < 1.29 is 0 Å². The highest BCUT2D eigenvalue weighted by atomic mass is 32.1. The van der Waals surface area contributed by atoms with Crippen molar-refractivity contribution in [1.29, 1.82) is 5.26 Å². The molecule has 0 saturated carbocycles. The highest BCUT2D eigenvalue weighted by Gasteiger charge is 1.96. The lowest BCUT2D eigenvalue weighted by Gasteiger charge is -1.94. The van der Waals surface area contributed by atoms with Crippen LogP contribution in [-0.2, 0) is 0 Å². The van der Waals surface area contributed by atoms with E-state index in [1.165, 1.54) is 0 Å². The molecule has 1 heterocycles. The first-order valence-electron chi connectivity index (χ1n) is 2.80. The predicted molar refractivity (Wildman–Crippen MR) is 40.9 cm³/mol. The molecule has 3 heteroatoms. The molecular formula is C7H6N2S. The zero-order valence-corrected chi connectivity index (χ0v) is 6.39. The lowest BCUT2D eigenvalue weighted by Crippen LogP contribution is -1.84. The summed E-state index contributed by atoms with van der Waals surface area (Å²) >= 11 is 4.06. The number of pyridine rings is 1. The largest absolute Gasteiger partial charge is 0.244 e. The van der Waals surface area contributed by atoms with Crippen LogP contribution in [-0.4, -0.2) is 4.98 Å². The van der Waals surface area contributed by atoms with E-state index in [2.05, 4.69) is 17.6 Å². The smallest absolute Gasteiger partial charge is 0.153 e. The fraction of sp³-hybridized carbons (Fsp3) is 0.143. The molecule has 0 fully saturated rings. The summed E-state index contributed by atoms with van der Waals surface area (Å²) in [7, 11) is 0. The van der Waals surface area contributed by atoms with Gasteiger partial charge in [-0.1, -0.05) is 0 Å². The van der Waals surface area contributed by atoms with Gasteiger partial charge in [-0.25, -0.2) is 4.98 Å². The third-order valence-electron chi connectivity index (χ3n) is 1.11. The second-order valence-corrected chi connectivity index (χ2v) is 2.47. The molecule has 1 rings (SSSR count). The van der Waals surface area contributed by atoms with Gasteiger partial charge in [0.05, 0.1) is 0 Å². The van der Waals surface area contributed by atoms with Crippen molar-refractivity contribution in [2.24, 2.45) is 0 Å². The summed E-state index contributed by atoms with van der Waals surface area (Å²) in [5.74, 6) is 0. The lowest BCUT2D eigenvalue weighted by molar-refractivity contribution is 1.15. The first-order chi connectivity index (χ1) is 4.74. The van der Waals surface area contributed by atoms with Gasteiger partial charge in [0.15, 0.2) is 5.69 Å². The molecule has 0 bridgehead atoms. The van der Waals surface area contributed by atoms with Crippen LogP contribution in [0.4, 0.5) is 0 Å². The van der Waals surface area contributed by atoms with Crippen molar-refractivity contribution in [3.05, 3.63) is 23.5 Å². The number of aromatic nitrogens is 1.